The molecule has 0 aliphatic rings. The zero-order valence-corrected chi connectivity index (χ0v) is 10.6. The zero-order valence-electron chi connectivity index (χ0n) is 8.39. The Kier molecular flexibility index (Phi) is 5.80. The first-order valence-corrected chi connectivity index (χ1v) is 5.32. The van der Waals surface area contributed by atoms with E-state index in [1.165, 1.54) is 18.4 Å². The Morgan fingerprint density at radius 2 is 2.08 bits per heavy atom. The third-order valence-electron chi connectivity index (χ3n) is 2.32. The van der Waals surface area contributed by atoms with Crippen LogP contribution in [0.15, 0.2) is 14.9 Å². The van der Waals surface area contributed by atoms with Crippen molar-refractivity contribution in [2.75, 3.05) is 0 Å². The van der Waals surface area contributed by atoms with Crippen molar-refractivity contribution in [3.05, 3.63) is 11.6 Å². The van der Waals surface area contributed by atoms with Crippen LogP contribution in [-0.2, 0) is 0 Å². The average Bonchev–Trinajstić information content (AvgIpc) is 2.00. The Labute approximate surface area is 89.8 Å². The largest absolute Gasteiger partial charge is 0.223 e. The third-order valence-corrected chi connectivity index (χ3v) is 2.65. The second-order valence-corrected chi connectivity index (χ2v) is 4.29. The number of rotatable bonds is 4. The normalized spacial score (nSPS) is 14.2. The molecule has 0 aromatic heterocycles. The van der Waals surface area contributed by atoms with E-state index in [1.54, 1.807) is 0 Å². The summed E-state index contributed by atoms with van der Waals surface area (Å²) in [5.74, 6) is 0. The molecule has 0 saturated heterocycles. The molecule has 0 aromatic rings. The zero-order chi connectivity index (χ0) is 9.61. The van der Waals surface area contributed by atoms with E-state index in [2.05, 4.69) is 37.0 Å². The number of halogens is 1. The summed E-state index contributed by atoms with van der Waals surface area (Å²) in [6.45, 7) is 8.96. The summed E-state index contributed by atoms with van der Waals surface area (Å²) in [4.78, 5) is 0. The molecule has 0 saturated carbocycles. The maximum Gasteiger partial charge on any atom is 0.0830 e. The van der Waals surface area contributed by atoms with Crippen molar-refractivity contribution in [2.24, 2.45) is 8.62 Å². The molecule has 0 radical (unpaired) electrons. The maximum absolute atomic E-state index is 3.92. The van der Waals surface area contributed by atoms with E-state index in [4.69, 9.17) is 0 Å². The summed E-state index contributed by atoms with van der Waals surface area (Å²) in [6, 6.07) is 0. The minimum absolute atomic E-state index is 0.326. The molecule has 0 rings (SSSR count). The second-order valence-electron chi connectivity index (χ2n) is 3.73. The van der Waals surface area contributed by atoms with Gasteiger partial charge in [0.25, 0.3) is 0 Å². The summed E-state index contributed by atoms with van der Waals surface area (Å²) in [5, 5.41) is 0. The molecule has 0 atom stereocenters. The fraction of sp³-hybridized carbons (Fsp3) is 0.700. The van der Waals surface area contributed by atoms with Gasteiger partial charge in [-0.3, -0.25) is 0 Å². The van der Waals surface area contributed by atoms with Crippen LogP contribution in [0.2, 0.25) is 0 Å². The van der Waals surface area contributed by atoms with Gasteiger partial charge < -0.3 is 0 Å². The average molecular weight is 279 g/mol. The van der Waals surface area contributed by atoms with Gasteiger partial charge in [0.15, 0.2) is 0 Å². The van der Waals surface area contributed by atoms with Crippen molar-refractivity contribution in [3.8, 4) is 0 Å². The molecule has 0 spiro atoms. The van der Waals surface area contributed by atoms with Gasteiger partial charge in [-0.15, -0.1) is 0 Å². The van der Waals surface area contributed by atoms with Gasteiger partial charge >= 0.3 is 0 Å². The Hall–Kier alpha value is 0.140. The van der Waals surface area contributed by atoms with Gasteiger partial charge in [0.05, 0.1) is 22.9 Å². The molecule has 1 nitrogen and oxygen atoms in total. The van der Waals surface area contributed by atoms with Crippen molar-refractivity contribution < 1.29 is 0 Å². The fourth-order valence-corrected chi connectivity index (χ4v) is 1.35. The highest BCUT2D eigenvalue weighted by molar-refractivity contribution is 14.1. The van der Waals surface area contributed by atoms with Crippen LogP contribution in [0, 0.1) is 5.41 Å². The molecule has 0 fully saturated rings. The number of hydrogen-bond acceptors (Lipinski definition) is 1. The molecular formula is C10H18IN. The number of allylic oxidation sites excluding steroid dienone is 2. The van der Waals surface area contributed by atoms with E-state index in [9.17, 15) is 0 Å². The van der Waals surface area contributed by atoms with Gasteiger partial charge in [-0.1, -0.05) is 32.8 Å². The first-order valence-electron chi connectivity index (χ1n) is 4.36. The highest BCUT2D eigenvalue weighted by atomic mass is 127. The van der Waals surface area contributed by atoms with Gasteiger partial charge in [0.2, 0.25) is 0 Å². The summed E-state index contributed by atoms with van der Waals surface area (Å²) in [7, 11) is 0. The Morgan fingerprint density at radius 1 is 1.50 bits per heavy atom. The lowest BCUT2D eigenvalue weighted by Gasteiger charge is -2.24. The molecule has 2 heteroatoms. The summed E-state index contributed by atoms with van der Waals surface area (Å²) >= 11 is 2.00. The summed E-state index contributed by atoms with van der Waals surface area (Å²) < 4.78 is 3.92. The molecule has 0 aliphatic carbocycles. The van der Waals surface area contributed by atoms with Gasteiger partial charge in [-0.05, 0) is 24.8 Å². The second kappa shape index (κ2) is 5.73. The topological polar surface area (TPSA) is 12.4 Å². The van der Waals surface area contributed by atoms with E-state index in [-0.39, 0.29) is 0 Å². The molecule has 0 aliphatic heterocycles. The summed E-state index contributed by atoms with van der Waals surface area (Å²) in [6.07, 6.45) is 6.43. The molecule has 0 N–H and O–H groups in total. The van der Waals surface area contributed by atoms with Crippen molar-refractivity contribution in [1.29, 1.82) is 0 Å². The van der Waals surface area contributed by atoms with Crippen LogP contribution in [-0.4, -0.2) is 6.21 Å². The van der Waals surface area contributed by atoms with Gasteiger partial charge in [-0.25, -0.2) is 3.21 Å². The smallest absolute Gasteiger partial charge is 0.0830 e. The predicted octanol–water partition coefficient (Wildman–Crippen LogP) is 4.18. The van der Waals surface area contributed by atoms with Crippen LogP contribution in [0.25, 0.3) is 0 Å². The lowest BCUT2D eigenvalue weighted by molar-refractivity contribution is 0.403. The number of nitrogens with zero attached hydrogens (tertiary/aromatic N) is 1. The number of hydrogen-bond donors (Lipinski definition) is 0. The maximum atomic E-state index is 3.92. The monoisotopic (exact) mass is 279 g/mol. The van der Waals surface area contributed by atoms with Crippen LogP contribution in [0.4, 0.5) is 0 Å². The Balaban J connectivity index is 4.32. The lowest BCUT2D eigenvalue weighted by Crippen LogP contribution is -2.12. The van der Waals surface area contributed by atoms with E-state index in [0.29, 0.717) is 5.41 Å². The van der Waals surface area contributed by atoms with E-state index >= 15 is 0 Å². The van der Waals surface area contributed by atoms with Gasteiger partial charge in [-0.2, -0.15) is 0 Å². The first kappa shape index (κ1) is 12.1. The van der Waals surface area contributed by atoms with Crippen molar-refractivity contribution in [2.45, 2.75) is 40.5 Å². The van der Waals surface area contributed by atoms with Gasteiger partial charge in [0, 0.05) is 6.21 Å². The predicted molar refractivity (Wildman–Crippen MR) is 65.0 cm³/mol. The van der Waals surface area contributed by atoms with E-state index < -0.39 is 0 Å². The Morgan fingerprint density at radius 3 is 2.50 bits per heavy atom. The van der Waals surface area contributed by atoms with Gasteiger partial charge in [0.1, 0.15) is 0 Å². The molecule has 0 heterocycles. The quantitative estimate of drug-likeness (QED) is 0.540. The van der Waals surface area contributed by atoms with Crippen LogP contribution in [0.5, 0.6) is 0 Å². The highest BCUT2D eigenvalue weighted by Gasteiger charge is 2.17. The molecule has 0 unspecified atom stereocenters. The molecule has 0 amide bonds. The van der Waals surface area contributed by atoms with Crippen molar-refractivity contribution >= 4 is 29.1 Å². The Bertz CT molecular complexity index is 180. The van der Waals surface area contributed by atoms with Crippen LogP contribution >= 0.6 is 22.9 Å². The standard InChI is InChI=1S/C10H18IN/c1-5-7-10(3,4)9(2)6-8-12-11/h6,8H,5,7H2,1-4H3/b9-6?,12-8+. The highest BCUT2D eigenvalue weighted by Crippen LogP contribution is 2.30. The molecule has 0 aromatic carbocycles. The van der Waals surface area contributed by atoms with Crippen molar-refractivity contribution in [1.82, 2.24) is 0 Å². The third kappa shape index (κ3) is 4.24. The molecule has 0 bridgehead atoms. The molecular weight excluding hydrogens is 261 g/mol. The first-order chi connectivity index (χ1) is 5.54. The van der Waals surface area contributed by atoms with Crippen LogP contribution in [0.1, 0.15) is 40.5 Å². The van der Waals surface area contributed by atoms with Crippen LogP contribution < -0.4 is 0 Å². The summed E-state index contributed by atoms with van der Waals surface area (Å²) in [5.41, 5.74) is 1.73. The van der Waals surface area contributed by atoms with Crippen molar-refractivity contribution in [3.63, 3.8) is 0 Å². The van der Waals surface area contributed by atoms with E-state index in [0.717, 1.165) is 0 Å². The molecule has 12 heavy (non-hydrogen) atoms. The minimum Gasteiger partial charge on any atom is -0.223 e. The van der Waals surface area contributed by atoms with Crippen LogP contribution in [0.3, 0.4) is 0 Å². The fourth-order valence-electron chi connectivity index (χ4n) is 1.19. The SMILES string of the molecule is CCCC(C)(C)C(C)=C/C=N/I. The minimum atomic E-state index is 0.326. The lowest BCUT2D eigenvalue weighted by atomic mass is 9.81. The van der Waals surface area contributed by atoms with E-state index in [1.807, 2.05) is 29.1 Å². The molecule has 70 valence electrons.